The van der Waals surface area contributed by atoms with Crippen LogP contribution in [0.3, 0.4) is 0 Å². The predicted octanol–water partition coefficient (Wildman–Crippen LogP) is 1.80. The average molecular weight is 243 g/mol. The Hall–Kier alpha value is -2.88. The predicted molar refractivity (Wildman–Crippen MR) is 63.7 cm³/mol. The maximum Gasteiger partial charge on any atom is 0.292 e. The molecule has 18 heavy (non-hydrogen) atoms. The molecule has 0 atom stereocenters. The Morgan fingerprint density at radius 1 is 1.56 bits per heavy atom. The SMILES string of the molecule is N#Cc1ccc([N+](=O)[O-])c(NCc2cnc[nH]2)c1. The van der Waals surface area contributed by atoms with Gasteiger partial charge in [0.25, 0.3) is 5.69 Å². The fourth-order valence-corrected chi connectivity index (χ4v) is 1.48. The van der Waals surface area contributed by atoms with Crippen LogP contribution in [0.1, 0.15) is 11.3 Å². The molecule has 0 aliphatic heterocycles. The van der Waals surface area contributed by atoms with Gasteiger partial charge in [-0.25, -0.2) is 4.98 Å². The summed E-state index contributed by atoms with van der Waals surface area (Å²) < 4.78 is 0. The molecule has 2 aromatic rings. The summed E-state index contributed by atoms with van der Waals surface area (Å²) in [6.45, 7) is 0.371. The topological polar surface area (TPSA) is 108 Å². The molecule has 1 aromatic heterocycles. The molecule has 7 nitrogen and oxygen atoms in total. The summed E-state index contributed by atoms with van der Waals surface area (Å²) in [4.78, 5) is 17.1. The molecule has 0 saturated heterocycles. The number of aromatic nitrogens is 2. The van der Waals surface area contributed by atoms with Gasteiger partial charge in [0.15, 0.2) is 0 Å². The van der Waals surface area contributed by atoms with Crippen LogP contribution in [0, 0.1) is 21.4 Å². The fraction of sp³-hybridized carbons (Fsp3) is 0.0909. The molecule has 1 aromatic carbocycles. The van der Waals surface area contributed by atoms with Gasteiger partial charge in [0, 0.05) is 12.3 Å². The quantitative estimate of drug-likeness (QED) is 0.628. The minimum absolute atomic E-state index is 0.0616. The van der Waals surface area contributed by atoms with E-state index in [1.165, 1.54) is 24.5 Å². The van der Waals surface area contributed by atoms with Gasteiger partial charge in [-0.1, -0.05) is 0 Å². The van der Waals surface area contributed by atoms with E-state index < -0.39 is 4.92 Å². The molecule has 7 heteroatoms. The molecule has 90 valence electrons. The smallest absolute Gasteiger partial charge is 0.292 e. The van der Waals surface area contributed by atoms with Gasteiger partial charge in [0.1, 0.15) is 5.69 Å². The molecule has 0 spiro atoms. The first-order valence-electron chi connectivity index (χ1n) is 5.10. The third-order valence-corrected chi connectivity index (χ3v) is 2.35. The van der Waals surface area contributed by atoms with E-state index >= 15 is 0 Å². The fourth-order valence-electron chi connectivity index (χ4n) is 1.48. The molecule has 2 rings (SSSR count). The van der Waals surface area contributed by atoms with Crippen molar-refractivity contribution in [2.45, 2.75) is 6.54 Å². The minimum Gasteiger partial charge on any atom is -0.374 e. The standard InChI is InChI=1S/C11H9N5O2/c12-4-8-1-2-11(16(17)18)10(3-8)14-6-9-5-13-7-15-9/h1-3,5,7,14H,6H2,(H,13,15). The van der Waals surface area contributed by atoms with Crippen LogP contribution in [-0.2, 0) is 6.54 Å². The van der Waals surface area contributed by atoms with Gasteiger partial charge < -0.3 is 10.3 Å². The number of nitrogens with zero attached hydrogens (tertiary/aromatic N) is 3. The number of benzene rings is 1. The maximum atomic E-state index is 10.8. The number of nitriles is 1. The number of rotatable bonds is 4. The van der Waals surface area contributed by atoms with Gasteiger partial charge in [-0.15, -0.1) is 0 Å². The van der Waals surface area contributed by atoms with Crippen molar-refractivity contribution in [3.63, 3.8) is 0 Å². The molecule has 1 heterocycles. The lowest BCUT2D eigenvalue weighted by Gasteiger charge is -2.05. The van der Waals surface area contributed by atoms with Crippen LogP contribution in [0.15, 0.2) is 30.7 Å². The van der Waals surface area contributed by atoms with E-state index in [9.17, 15) is 10.1 Å². The van der Waals surface area contributed by atoms with Crippen LogP contribution >= 0.6 is 0 Å². The van der Waals surface area contributed by atoms with Gasteiger partial charge in [-0.3, -0.25) is 10.1 Å². The minimum atomic E-state index is -0.490. The van der Waals surface area contributed by atoms with Crippen molar-refractivity contribution in [3.05, 3.63) is 52.1 Å². The van der Waals surface area contributed by atoms with Gasteiger partial charge >= 0.3 is 0 Å². The Labute approximate surface area is 102 Å². The first kappa shape index (κ1) is 11.6. The highest BCUT2D eigenvalue weighted by atomic mass is 16.6. The summed E-state index contributed by atoms with van der Waals surface area (Å²) in [5, 5.41) is 22.5. The molecule has 0 aliphatic rings. The summed E-state index contributed by atoms with van der Waals surface area (Å²) in [5.74, 6) is 0. The number of anilines is 1. The average Bonchev–Trinajstić information content (AvgIpc) is 2.88. The molecule has 0 amide bonds. The zero-order valence-electron chi connectivity index (χ0n) is 9.25. The molecule has 0 saturated carbocycles. The van der Waals surface area contributed by atoms with Crippen molar-refractivity contribution >= 4 is 11.4 Å². The number of hydrogen-bond donors (Lipinski definition) is 2. The summed E-state index contributed by atoms with van der Waals surface area (Å²) in [6, 6.07) is 6.13. The van der Waals surface area contributed by atoms with E-state index in [4.69, 9.17) is 5.26 Å². The van der Waals surface area contributed by atoms with E-state index in [1.54, 1.807) is 6.20 Å². The number of imidazole rings is 1. The van der Waals surface area contributed by atoms with Crippen LogP contribution in [-0.4, -0.2) is 14.9 Å². The first-order valence-corrected chi connectivity index (χ1v) is 5.10. The van der Waals surface area contributed by atoms with Crippen molar-refractivity contribution in [2.75, 3.05) is 5.32 Å². The van der Waals surface area contributed by atoms with Crippen LogP contribution in [0.5, 0.6) is 0 Å². The summed E-state index contributed by atoms with van der Waals surface area (Å²) in [5.41, 5.74) is 1.42. The van der Waals surface area contributed by atoms with Crippen molar-refractivity contribution in [1.29, 1.82) is 5.26 Å². The van der Waals surface area contributed by atoms with Crippen LogP contribution < -0.4 is 5.32 Å². The third-order valence-electron chi connectivity index (χ3n) is 2.35. The zero-order chi connectivity index (χ0) is 13.0. The highest BCUT2D eigenvalue weighted by molar-refractivity contribution is 5.64. The lowest BCUT2D eigenvalue weighted by Crippen LogP contribution is -2.03. The summed E-state index contributed by atoms with van der Waals surface area (Å²) >= 11 is 0. The number of aromatic amines is 1. The van der Waals surface area contributed by atoms with Crippen molar-refractivity contribution < 1.29 is 4.92 Å². The number of nitro groups is 1. The van der Waals surface area contributed by atoms with Gasteiger partial charge in [-0.2, -0.15) is 5.26 Å². The van der Waals surface area contributed by atoms with E-state index in [-0.39, 0.29) is 5.69 Å². The Kier molecular flexibility index (Phi) is 3.20. The Morgan fingerprint density at radius 3 is 3.00 bits per heavy atom. The van der Waals surface area contributed by atoms with Crippen LogP contribution in [0.2, 0.25) is 0 Å². The van der Waals surface area contributed by atoms with Crippen molar-refractivity contribution in [3.8, 4) is 6.07 Å². The van der Waals surface area contributed by atoms with Crippen molar-refractivity contribution in [2.24, 2.45) is 0 Å². The highest BCUT2D eigenvalue weighted by Crippen LogP contribution is 2.25. The molecule has 0 fully saturated rings. The van der Waals surface area contributed by atoms with E-state index in [2.05, 4.69) is 15.3 Å². The van der Waals surface area contributed by atoms with Gasteiger partial charge in [0.2, 0.25) is 0 Å². The molecule has 0 bridgehead atoms. The summed E-state index contributed by atoms with van der Waals surface area (Å²) in [6.07, 6.45) is 3.14. The largest absolute Gasteiger partial charge is 0.374 e. The van der Waals surface area contributed by atoms with Crippen LogP contribution in [0.4, 0.5) is 11.4 Å². The van der Waals surface area contributed by atoms with Gasteiger partial charge in [-0.05, 0) is 12.1 Å². The number of hydrogen-bond acceptors (Lipinski definition) is 5. The first-order chi connectivity index (χ1) is 8.70. The van der Waals surface area contributed by atoms with Gasteiger partial charge in [0.05, 0.1) is 35.1 Å². The summed E-state index contributed by atoms with van der Waals surface area (Å²) in [7, 11) is 0. The Morgan fingerprint density at radius 2 is 2.39 bits per heavy atom. The van der Waals surface area contributed by atoms with E-state index in [1.807, 2.05) is 6.07 Å². The highest BCUT2D eigenvalue weighted by Gasteiger charge is 2.13. The van der Waals surface area contributed by atoms with E-state index in [0.29, 0.717) is 17.8 Å². The monoisotopic (exact) mass is 243 g/mol. The molecule has 0 aliphatic carbocycles. The molecule has 0 radical (unpaired) electrons. The third kappa shape index (κ3) is 2.44. The molecular formula is C11H9N5O2. The lowest BCUT2D eigenvalue weighted by atomic mass is 10.2. The molecular weight excluding hydrogens is 234 g/mol. The molecule has 2 N–H and O–H groups in total. The normalized spacial score (nSPS) is 9.72. The zero-order valence-corrected chi connectivity index (χ0v) is 9.25. The maximum absolute atomic E-state index is 10.8. The number of H-pyrrole nitrogens is 1. The van der Waals surface area contributed by atoms with Crippen LogP contribution in [0.25, 0.3) is 0 Å². The second-order valence-electron chi connectivity index (χ2n) is 3.53. The van der Waals surface area contributed by atoms with Crippen molar-refractivity contribution in [1.82, 2.24) is 9.97 Å². The Balaban J connectivity index is 2.24. The van der Waals surface area contributed by atoms with E-state index in [0.717, 1.165) is 5.69 Å². The number of nitrogens with one attached hydrogen (secondary N) is 2. The Bertz CT molecular complexity index is 600. The second kappa shape index (κ2) is 4.97. The second-order valence-corrected chi connectivity index (χ2v) is 3.53. The number of nitro benzene ring substituents is 1. The molecule has 0 unspecified atom stereocenters. The lowest BCUT2D eigenvalue weighted by molar-refractivity contribution is -0.384.